The van der Waals surface area contributed by atoms with Gasteiger partial charge in [-0.25, -0.2) is 0 Å². The lowest BCUT2D eigenvalue weighted by atomic mass is 9.88. The Morgan fingerprint density at radius 2 is 2.50 bits per heavy atom. The van der Waals surface area contributed by atoms with E-state index in [-0.39, 0.29) is 0 Å². The summed E-state index contributed by atoms with van der Waals surface area (Å²) >= 11 is 5.77. The number of H-pyrrole nitrogens is 1. The molecule has 12 heavy (non-hydrogen) atoms. The molecule has 1 aliphatic rings. The van der Waals surface area contributed by atoms with Crippen molar-refractivity contribution >= 4 is 11.6 Å². The largest absolute Gasteiger partial charge is 0.282 e. The van der Waals surface area contributed by atoms with Crippen LogP contribution in [0, 0.1) is 5.92 Å². The molecule has 1 aromatic heterocycles. The van der Waals surface area contributed by atoms with Crippen molar-refractivity contribution in [2.75, 3.05) is 0 Å². The minimum absolute atomic E-state index is 0.540. The summed E-state index contributed by atoms with van der Waals surface area (Å²) < 4.78 is 0. The molecule has 1 N–H and O–H groups in total. The Bertz CT molecular complexity index is 267. The quantitative estimate of drug-likeness (QED) is 0.667. The van der Waals surface area contributed by atoms with Crippen molar-refractivity contribution in [3.8, 4) is 0 Å². The van der Waals surface area contributed by atoms with E-state index in [2.05, 4.69) is 17.1 Å². The van der Waals surface area contributed by atoms with Crippen molar-refractivity contribution in [2.24, 2.45) is 5.92 Å². The van der Waals surface area contributed by atoms with Crippen molar-refractivity contribution in [1.29, 1.82) is 0 Å². The van der Waals surface area contributed by atoms with Gasteiger partial charge in [-0.3, -0.25) is 5.10 Å². The molecule has 0 aromatic carbocycles. The first-order valence-electron chi connectivity index (χ1n) is 4.42. The topological polar surface area (TPSA) is 28.7 Å². The molecule has 0 fully saturated rings. The van der Waals surface area contributed by atoms with Crippen LogP contribution in [0.15, 0.2) is 0 Å². The lowest BCUT2D eigenvalue weighted by Gasteiger charge is -2.17. The molecule has 2 rings (SSSR count). The van der Waals surface area contributed by atoms with Gasteiger partial charge in [0, 0.05) is 5.69 Å². The number of rotatable bonds is 1. The minimum atomic E-state index is 0.540. The zero-order valence-electron chi connectivity index (χ0n) is 7.23. The van der Waals surface area contributed by atoms with Gasteiger partial charge < -0.3 is 0 Å². The summed E-state index contributed by atoms with van der Waals surface area (Å²) in [4.78, 5) is 0. The molecule has 0 spiro atoms. The molecule has 2 nitrogen and oxygen atoms in total. The van der Waals surface area contributed by atoms with Crippen molar-refractivity contribution in [3.63, 3.8) is 0 Å². The van der Waals surface area contributed by atoms with Crippen LogP contribution < -0.4 is 0 Å². The van der Waals surface area contributed by atoms with E-state index < -0.39 is 0 Å². The molecule has 0 saturated heterocycles. The molecular formula is C9H13ClN2. The van der Waals surface area contributed by atoms with Gasteiger partial charge in [0.25, 0.3) is 0 Å². The predicted octanol–water partition coefficient (Wildman–Crippen LogP) is 2.27. The van der Waals surface area contributed by atoms with E-state index in [0.29, 0.717) is 5.88 Å². The molecule has 0 bridgehead atoms. The van der Waals surface area contributed by atoms with E-state index in [1.54, 1.807) is 0 Å². The number of hydrogen-bond acceptors (Lipinski definition) is 1. The number of aromatic amines is 1. The van der Waals surface area contributed by atoms with Gasteiger partial charge in [0.15, 0.2) is 0 Å². The monoisotopic (exact) mass is 184 g/mol. The van der Waals surface area contributed by atoms with Gasteiger partial charge in [-0.1, -0.05) is 6.92 Å². The summed E-state index contributed by atoms with van der Waals surface area (Å²) in [5, 5.41) is 7.26. The third-order valence-corrected chi connectivity index (χ3v) is 2.86. The van der Waals surface area contributed by atoms with Crippen molar-refractivity contribution in [1.82, 2.24) is 10.2 Å². The SMILES string of the molecule is C[C@@H]1CCc2[nH]nc(CCl)c2C1. The number of halogens is 1. The van der Waals surface area contributed by atoms with E-state index in [0.717, 1.165) is 24.5 Å². The van der Waals surface area contributed by atoms with E-state index >= 15 is 0 Å². The first-order chi connectivity index (χ1) is 5.81. The van der Waals surface area contributed by atoms with Crippen LogP contribution in [0.2, 0.25) is 0 Å². The molecule has 66 valence electrons. The van der Waals surface area contributed by atoms with Crippen LogP contribution in [-0.4, -0.2) is 10.2 Å². The summed E-state index contributed by atoms with van der Waals surface area (Å²) in [6.07, 6.45) is 3.56. The Hall–Kier alpha value is -0.500. The van der Waals surface area contributed by atoms with Crippen molar-refractivity contribution in [2.45, 2.75) is 32.1 Å². The van der Waals surface area contributed by atoms with Crippen LogP contribution in [0.3, 0.4) is 0 Å². The molecule has 0 amide bonds. The van der Waals surface area contributed by atoms with Gasteiger partial charge in [-0.05, 0) is 30.7 Å². The second kappa shape index (κ2) is 3.09. The summed E-state index contributed by atoms with van der Waals surface area (Å²) in [6, 6.07) is 0. The molecule has 3 heteroatoms. The first kappa shape index (κ1) is 8.11. The number of nitrogens with one attached hydrogen (secondary N) is 1. The fourth-order valence-corrected chi connectivity index (χ4v) is 2.06. The van der Waals surface area contributed by atoms with E-state index in [9.17, 15) is 0 Å². The number of aryl methyl sites for hydroxylation is 1. The Labute approximate surface area is 77.3 Å². The molecule has 1 atom stereocenters. The highest BCUT2D eigenvalue weighted by Crippen LogP contribution is 2.26. The van der Waals surface area contributed by atoms with Crippen molar-refractivity contribution < 1.29 is 0 Å². The van der Waals surface area contributed by atoms with E-state index in [1.165, 1.54) is 17.7 Å². The second-order valence-electron chi connectivity index (χ2n) is 3.61. The number of nitrogens with zero attached hydrogens (tertiary/aromatic N) is 1. The molecule has 1 aliphatic carbocycles. The highest BCUT2D eigenvalue weighted by molar-refractivity contribution is 6.17. The number of fused-ring (bicyclic) bond motifs is 1. The number of aromatic nitrogens is 2. The van der Waals surface area contributed by atoms with Gasteiger partial charge >= 0.3 is 0 Å². The maximum absolute atomic E-state index is 5.77. The van der Waals surface area contributed by atoms with Crippen LogP contribution >= 0.6 is 11.6 Å². The predicted molar refractivity (Wildman–Crippen MR) is 49.3 cm³/mol. The summed E-state index contributed by atoms with van der Waals surface area (Å²) in [6.45, 7) is 2.29. The third kappa shape index (κ3) is 1.24. The summed E-state index contributed by atoms with van der Waals surface area (Å²) in [5.74, 6) is 1.33. The van der Waals surface area contributed by atoms with Gasteiger partial charge in [0.05, 0.1) is 11.6 Å². The maximum atomic E-state index is 5.77. The van der Waals surface area contributed by atoms with Gasteiger partial charge in [-0.15, -0.1) is 11.6 Å². The molecular weight excluding hydrogens is 172 g/mol. The van der Waals surface area contributed by atoms with Gasteiger partial charge in [0.1, 0.15) is 0 Å². The summed E-state index contributed by atoms with van der Waals surface area (Å²) in [7, 11) is 0. The average molecular weight is 185 g/mol. The van der Waals surface area contributed by atoms with Crippen LogP contribution in [-0.2, 0) is 18.7 Å². The Balaban J connectivity index is 2.34. The third-order valence-electron chi connectivity index (χ3n) is 2.60. The van der Waals surface area contributed by atoms with Crippen LogP contribution in [0.5, 0.6) is 0 Å². The van der Waals surface area contributed by atoms with E-state index in [1.807, 2.05) is 0 Å². The molecule has 0 unspecified atom stereocenters. The second-order valence-corrected chi connectivity index (χ2v) is 3.88. The molecule has 0 radical (unpaired) electrons. The average Bonchev–Trinajstić information content (AvgIpc) is 2.46. The van der Waals surface area contributed by atoms with Crippen LogP contribution in [0.25, 0.3) is 0 Å². The summed E-state index contributed by atoms with van der Waals surface area (Å²) in [5.41, 5.74) is 3.74. The maximum Gasteiger partial charge on any atom is 0.0804 e. The fraction of sp³-hybridized carbons (Fsp3) is 0.667. The zero-order chi connectivity index (χ0) is 8.55. The molecule has 1 heterocycles. The smallest absolute Gasteiger partial charge is 0.0804 e. The standard InChI is InChI=1S/C9H13ClN2/c1-6-2-3-8-7(4-6)9(5-10)12-11-8/h6H,2-5H2,1H3,(H,11,12)/t6-/m1/s1. The Morgan fingerprint density at radius 3 is 3.25 bits per heavy atom. The molecule has 1 aromatic rings. The van der Waals surface area contributed by atoms with E-state index in [4.69, 9.17) is 11.6 Å². The number of alkyl halides is 1. The lowest BCUT2D eigenvalue weighted by molar-refractivity contribution is 0.496. The Kier molecular flexibility index (Phi) is 2.09. The normalized spacial score (nSPS) is 22.3. The number of hydrogen-bond donors (Lipinski definition) is 1. The molecule has 0 saturated carbocycles. The fourth-order valence-electron chi connectivity index (χ4n) is 1.84. The van der Waals surface area contributed by atoms with Gasteiger partial charge in [0.2, 0.25) is 0 Å². The highest BCUT2D eigenvalue weighted by Gasteiger charge is 2.20. The first-order valence-corrected chi connectivity index (χ1v) is 4.95. The zero-order valence-corrected chi connectivity index (χ0v) is 7.99. The minimum Gasteiger partial charge on any atom is -0.282 e. The van der Waals surface area contributed by atoms with Crippen LogP contribution in [0.1, 0.15) is 30.3 Å². The van der Waals surface area contributed by atoms with Gasteiger partial charge in [-0.2, -0.15) is 5.10 Å². The highest BCUT2D eigenvalue weighted by atomic mass is 35.5. The van der Waals surface area contributed by atoms with Crippen molar-refractivity contribution in [3.05, 3.63) is 17.0 Å². The van der Waals surface area contributed by atoms with Crippen LogP contribution in [0.4, 0.5) is 0 Å². The molecule has 0 aliphatic heterocycles. The Morgan fingerprint density at radius 1 is 1.67 bits per heavy atom. The lowest BCUT2D eigenvalue weighted by Crippen LogP contribution is -2.11.